The van der Waals surface area contributed by atoms with Gasteiger partial charge in [-0.15, -0.1) is 0 Å². The Balaban J connectivity index is 0.000000907. The number of hydrogen-bond donors (Lipinski definition) is 1. The second-order valence-corrected chi connectivity index (χ2v) is 7.57. The van der Waals surface area contributed by atoms with E-state index in [9.17, 15) is 4.79 Å². The van der Waals surface area contributed by atoms with Crippen LogP contribution in [0.4, 0.5) is 0 Å². The zero-order valence-corrected chi connectivity index (χ0v) is 21.7. The highest BCUT2D eigenvalue weighted by Gasteiger charge is 2.17. The molecule has 192 valence electrons. The van der Waals surface area contributed by atoms with Gasteiger partial charge in [-0.3, -0.25) is 9.48 Å². The lowest BCUT2D eigenvalue weighted by Gasteiger charge is -2.05. The number of oxazole rings is 1. The normalized spacial score (nSPS) is 10.2. The maximum atomic E-state index is 10.8. The minimum absolute atomic E-state index is 0.0233. The van der Waals surface area contributed by atoms with Crippen LogP contribution >= 0.6 is 0 Å². The van der Waals surface area contributed by atoms with E-state index in [0.29, 0.717) is 29.6 Å². The molecular weight excluding hydrogens is 466 g/mol. The number of aromatic nitrogens is 3. The third kappa shape index (κ3) is 7.07. The zero-order chi connectivity index (χ0) is 26.6. The van der Waals surface area contributed by atoms with Gasteiger partial charge in [0.25, 0.3) is 0 Å². The SMILES string of the molecule is CC.CC.O=C(O)CCn1cc2ccc(OCc3nc(-c4ccccc4)oc3-c3ccccc3)cc2n1. The van der Waals surface area contributed by atoms with Crippen molar-refractivity contribution in [3.05, 3.63) is 90.8 Å². The first-order valence-electron chi connectivity index (χ1n) is 12.6. The predicted octanol–water partition coefficient (Wildman–Crippen LogP) is 7.46. The molecule has 0 saturated heterocycles. The first-order chi connectivity index (χ1) is 18.2. The fourth-order valence-corrected chi connectivity index (χ4v) is 3.58. The predicted molar refractivity (Wildman–Crippen MR) is 146 cm³/mol. The smallest absolute Gasteiger partial charge is 0.305 e. The molecule has 0 aliphatic carbocycles. The van der Waals surface area contributed by atoms with Crippen LogP contribution in [0.5, 0.6) is 5.75 Å². The highest BCUT2D eigenvalue weighted by molar-refractivity contribution is 5.79. The molecule has 7 nitrogen and oxygen atoms in total. The van der Waals surface area contributed by atoms with Crippen LogP contribution in [0, 0.1) is 0 Å². The lowest BCUT2D eigenvalue weighted by molar-refractivity contribution is -0.137. The highest BCUT2D eigenvalue weighted by Crippen LogP contribution is 2.31. The quantitative estimate of drug-likeness (QED) is 0.238. The molecule has 0 fully saturated rings. The van der Waals surface area contributed by atoms with Crippen LogP contribution in [-0.4, -0.2) is 25.8 Å². The van der Waals surface area contributed by atoms with Gasteiger partial charge >= 0.3 is 5.97 Å². The number of nitrogens with zero attached hydrogens (tertiary/aromatic N) is 3. The Hall–Kier alpha value is -4.39. The van der Waals surface area contributed by atoms with Gasteiger partial charge in [-0.05, 0) is 24.3 Å². The lowest BCUT2D eigenvalue weighted by Crippen LogP contribution is -2.04. The summed E-state index contributed by atoms with van der Waals surface area (Å²) in [7, 11) is 0. The topological polar surface area (TPSA) is 90.4 Å². The van der Waals surface area contributed by atoms with E-state index in [0.717, 1.165) is 22.0 Å². The number of benzene rings is 3. The summed E-state index contributed by atoms with van der Waals surface area (Å²) < 4.78 is 13.8. The number of ether oxygens (including phenoxy) is 1. The van der Waals surface area contributed by atoms with Crippen LogP contribution in [0.25, 0.3) is 33.7 Å². The molecular formula is C30H33N3O4. The van der Waals surface area contributed by atoms with Crippen LogP contribution in [0.1, 0.15) is 39.8 Å². The van der Waals surface area contributed by atoms with E-state index in [4.69, 9.17) is 19.2 Å². The molecule has 37 heavy (non-hydrogen) atoms. The van der Waals surface area contributed by atoms with Crippen molar-refractivity contribution in [2.24, 2.45) is 0 Å². The molecule has 0 atom stereocenters. The average molecular weight is 500 g/mol. The van der Waals surface area contributed by atoms with Crippen LogP contribution in [-0.2, 0) is 17.9 Å². The standard InChI is InChI=1S/C26H21N3O4.2C2H6/c30-24(31)13-14-29-16-20-11-12-21(15-22(20)28-29)32-17-23-25(18-7-3-1-4-8-18)33-26(27-23)19-9-5-2-6-10-19;2*1-2/h1-12,15-16H,13-14,17H2,(H,30,31);2*1-2H3. The molecule has 0 amide bonds. The van der Waals surface area contributed by atoms with E-state index in [-0.39, 0.29) is 13.0 Å². The Morgan fingerprint density at radius 2 is 1.57 bits per heavy atom. The number of aryl methyl sites for hydroxylation is 1. The molecule has 5 aromatic rings. The maximum absolute atomic E-state index is 10.8. The van der Waals surface area contributed by atoms with Gasteiger partial charge in [-0.1, -0.05) is 76.2 Å². The molecule has 0 aliphatic heterocycles. The van der Waals surface area contributed by atoms with Crippen molar-refractivity contribution in [3.63, 3.8) is 0 Å². The Kier molecular flexibility index (Phi) is 10.0. The number of carboxylic acids is 1. The molecule has 2 aromatic heterocycles. The molecule has 3 aromatic carbocycles. The first-order valence-corrected chi connectivity index (χ1v) is 12.6. The van der Waals surface area contributed by atoms with Crippen molar-refractivity contribution in [1.82, 2.24) is 14.8 Å². The second-order valence-electron chi connectivity index (χ2n) is 7.57. The fourth-order valence-electron chi connectivity index (χ4n) is 3.58. The summed E-state index contributed by atoms with van der Waals surface area (Å²) in [6.07, 6.45) is 1.86. The molecule has 0 saturated carbocycles. The van der Waals surface area contributed by atoms with Crippen LogP contribution in [0.2, 0.25) is 0 Å². The van der Waals surface area contributed by atoms with E-state index in [2.05, 4.69) is 5.10 Å². The number of aliphatic carboxylic acids is 1. The summed E-state index contributed by atoms with van der Waals surface area (Å²) in [5.41, 5.74) is 3.27. The Morgan fingerprint density at radius 1 is 0.919 bits per heavy atom. The van der Waals surface area contributed by atoms with E-state index in [1.165, 1.54) is 0 Å². The van der Waals surface area contributed by atoms with Crippen molar-refractivity contribution in [3.8, 4) is 28.5 Å². The van der Waals surface area contributed by atoms with E-state index >= 15 is 0 Å². The second kappa shape index (κ2) is 13.6. The van der Waals surface area contributed by atoms with E-state index in [1.807, 2.05) is 113 Å². The fraction of sp³-hybridized carbons (Fsp3) is 0.233. The summed E-state index contributed by atoms with van der Waals surface area (Å²) >= 11 is 0. The molecule has 1 N–H and O–H groups in total. The van der Waals surface area contributed by atoms with Crippen LogP contribution < -0.4 is 4.74 Å². The molecule has 0 bridgehead atoms. The maximum Gasteiger partial charge on any atom is 0.305 e. The molecule has 0 unspecified atom stereocenters. The Morgan fingerprint density at radius 3 is 2.22 bits per heavy atom. The van der Waals surface area contributed by atoms with Gasteiger partial charge in [0.2, 0.25) is 5.89 Å². The number of hydrogen-bond acceptors (Lipinski definition) is 5. The average Bonchev–Trinajstić information content (AvgIpc) is 3.58. The summed E-state index contributed by atoms with van der Waals surface area (Å²) in [5, 5.41) is 14.2. The van der Waals surface area contributed by atoms with Gasteiger partial charge in [0.1, 0.15) is 18.1 Å². The lowest BCUT2D eigenvalue weighted by atomic mass is 10.1. The highest BCUT2D eigenvalue weighted by atomic mass is 16.5. The molecule has 0 aliphatic rings. The summed E-state index contributed by atoms with van der Waals surface area (Å²) in [5.74, 6) is 1.01. The minimum atomic E-state index is -0.852. The molecule has 0 spiro atoms. The zero-order valence-electron chi connectivity index (χ0n) is 21.7. The monoisotopic (exact) mass is 499 g/mol. The molecule has 0 radical (unpaired) electrons. The molecule has 5 rings (SSSR count). The van der Waals surface area contributed by atoms with E-state index < -0.39 is 5.97 Å². The van der Waals surface area contributed by atoms with Crippen LogP contribution in [0.15, 0.2) is 89.5 Å². The number of carbonyl (C=O) groups is 1. The summed E-state index contributed by atoms with van der Waals surface area (Å²) in [4.78, 5) is 15.5. The van der Waals surface area contributed by atoms with Gasteiger partial charge in [-0.25, -0.2) is 4.98 Å². The van der Waals surface area contributed by atoms with Crippen molar-refractivity contribution >= 4 is 16.9 Å². The van der Waals surface area contributed by atoms with E-state index in [1.54, 1.807) is 4.68 Å². The van der Waals surface area contributed by atoms with Crippen molar-refractivity contribution in [2.45, 2.75) is 47.3 Å². The van der Waals surface area contributed by atoms with Gasteiger partial charge in [0.05, 0.1) is 18.5 Å². The summed E-state index contributed by atoms with van der Waals surface area (Å²) in [6, 6.07) is 25.2. The molecule has 7 heteroatoms. The Bertz CT molecular complexity index is 1390. The third-order valence-electron chi connectivity index (χ3n) is 5.21. The molecule has 2 heterocycles. The number of carboxylic acid groups (broad SMARTS) is 1. The number of rotatable bonds is 8. The van der Waals surface area contributed by atoms with Crippen molar-refractivity contribution in [1.29, 1.82) is 0 Å². The first kappa shape index (κ1) is 27.2. The van der Waals surface area contributed by atoms with Gasteiger partial charge in [0.15, 0.2) is 5.76 Å². The summed E-state index contributed by atoms with van der Waals surface area (Å²) in [6.45, 7) is 8.55. The van der Waals surface area contributed by atoms with Gasteiger partial charge in [0, 0.05) is 28.8 Å². The van der Waals surface area contributed by atoms with Crippen molar-refractivity contribution in [2.75, 3.05) is 0 Å². The van der Waals surface area contributed by atoms with Crippen molar-refractivity contribution < 1.29 is 19.1 Å². The van der Waals surface area contributed by atoms with Gasteiger partial charge < -0.3 is 14.3 Å². The van der Waals surface area contributed by atoms with Gasteiger partial charge in [-0.2, -0.15) is 5.10 Å². The Labute approximate surface area is 217 Å². The third-order valence-corrected chi connectivity index (χ3v) is 5.21. The number of fused-ring (bicyclic) bond motifs is 1. The van der Waals surface area contributed by atoms with Crippen LogP contribution in [0.3, 0.4) is 0 Å². The minimum Gasteiger partial charge on any atom is -0.487 e. The largest absolute Gasteiger partial charge is 0.487 e.